The highest BCUT2D eigenvalue weighted by Crippen LogP contribution is 2.30. The maximum atomic E-state index is 12.8. The standard InChI is InChI=1S/C27H24Cl2O3/c1-4-25(32-27(30)24(18(2)3)14-15-26(28)29)21-10-7-11-22(17-21)31-23-13-12-19-8-5-6-9-20(19)16-23/h1,5-13,15-18,24-25H,14H2,2-3H3. The van der Waals surface area contributed by atoms with Gasteiger partial charge in [0, 0.05) is 5.56 Å². The van der Waals surface area contributed by atoms with Crippen LogP contribution in [0.1, 0.15) is 31.9 Å². The van der Waals surface area contributed by atoms with Gasteiger partial charge in [0.1, 0.15) is 16.0 Å². The van der Waals surface area contributed by atoms with Crippen molar-refractivity contribution in [3.05, 3.63) is 82.9 Å². The molecule has 3 rings (SSSR count). The minimum atomic E-state index is -0.834. The molecule has 0 aromatic heterocycles. The van der Waals surface area contributed by atoms with Crippen molar-refractivity contribution in [3.63, 3.8) is 0 Å². The fourth-order valence-electron chi connectivity index (χ4n) is 3.37. The number of carbonyl (C=O) groups is 1. The number of allylic oxidation sites excluding steroid dienone is 1. The van der Waals surface area contributed by atoms with Crippen LogP contribution in [-0.2, 0) is 9.53 Å². The van der Waals surface area contributed by atoms with E-state index in [9.17, 15) is 4.79 Å². The van der Waals surface area contributed by atoms with E-state index in [1.54, 1.807) is 12.1 Å². The topological polar surface area (TPSA) is 35.5 Å². The first-order valence-electron chi connectivity index (χ1n) is 10.3. The summed E-state index contributed by atoms with van der Waals surface area (Å²) < 4.78 is 11.8. The van der Waals surface area contributed by atoms with Crippen LogP contribution in [0.4, 0.5) is 0 Å². The van der Waals surface area contributed by atoms with Gasteiger partial charge < -0.3 is 9.47 Å². The maximum Gasteiger partial charge on any atom is 0.311 e. The number of carbonyl (C=O) groups excluding carboxylic acids is 1. The second-order valence-corrected chi connectivity index (χ2v) is 8.75. The van der Waals surface area contributed by atoms with E-state index in [2.05, 4.69) is 5.92 Å². The third-order valence-electron chi connectivity index (χ3n) is 5.14. The molecule has 0 spiro atoms. The molecule has 0 bridgehead atoms. The Hall–Kier alpha value is -2.93. The summed E-state index contributed by atoms with van der Waals surface area (Å²) in [5.41, 5.74) is 0.660. The lowest BCUT2D eigenvalue weighted by molar-refractivity contribution is -0.153. The van der Waals surface area contributed by atoms with Crippen molar-refractivity contribution in [3.8, 4) is 23.8 Å². The second kappa shape index (κ2) is 11.1. The van der Waals surface area contributed by atoms with Crippen LogP contribution in [0.2, 0.25) is 0 Å². The van der Waals surface area contributed by atoms with Crippen molar-refractivity contribution < 1.29 is 14.3 Å². The van der Waals surface area contributed by atoms with Gasteiger partial charge in [-0.1, -0.05) is 91.5 Å². The molecular weight excluding hydrogens is 443 g/mol. The second-order valence-electron chi connectivity index (χ2n) is 7.75. The van der Waals surface area contributed by atoms with Crippen LogP contribution >= 0.6 is 23.2 Å². The van der Waals surface area contributed by atoms with Gasteiger partial charge in [0.05, 0.1) is 5.92 Å². The van der Waals surface area contributed by atoms with Gasteiger partial charge in [-0.2, -0.15) is 0 Å². The van der Waals surface area contributed by atoms with Gasteiger partial charge in [-0.25, -0.2) is 0 Å². The number of fused-ring (bicyclic) bond motifs is 1. The van der Waals surface area contributed by atoms with Gasteiger partial charge in [0.25, 0.3) is 0 Å². The lowest BCUT2D eigenvalue weighted by Gasteiger charge is -2.21. The molecule has 0 N–H and O–H groups in total. The molecule has 2 unspecified atom stereocenters. The summed E-state index contributed by atoms with van der Waals surface area (Å²) in [7, 11) is 0. The SMILES string of the molecule is C#CC(OC(=O)C(CC=C(Cl)Cl)C(C)C)c1cccc(Oc2ccc3ccccc3c2)c1. The Morgan fingerprint density at radius 2 is 1.72 bits per heavy atom. The average molecular weight is 467 g/mol. The van der Waals surface area contributed by atoms with Crippen molar-refractivity contribution in [1.29, 1.82) is 0 Å². The first-order chi connectivity index (χ1) is 15.4. The molecule has 0 saturated carbocycles. The normalized spacial score (nSPS) is 12.6. The molecule has 164 valence electrons. The first-order valence-corrected chi connectivity index (χ1v) is 11.1. The fraction of sp³-hybridized carbons (Fsp3) is 0.222. The van der Waals surface area contributed by atoms with E-state index in [4.69, 9.17) is 39.1 Å². The zero-order chi connectivity index (χ0) is 23.1. The minimum absolute atomic E-state index is 0.0347. The maximum absolute atomic E-state index is 12.8. The van der Waals surface area contributed by atoms with E-state index in [1.165, 1.54) is 0 Å². The van der Waals surface area contributed by atoms with Gasteiger partial charge in [0.2, 0.25) is 0 Å². The molecular formula is C27H24Cl2O3. The summed E-state index contributed by atoms with van der Waals surface area (Å²) in [6, 6.07) is 21.2. The molecule has 5 heteroatoms. The van der Waals surface area contributed by atoms with E-state index in [0.29, 0.717) is 23.5 Å². The van der Waals surface area contributed by atoms with Crippen LogP contribution in [0, 0.1) is 24.2 Å². The quantitative estimate of drug-likeness (QED) is 0.250. The molecule has 0 aliphatic rings. The van der Waals surface area contributed by atoms with Crippen LogP contribution in [0.25, 0.3) is 10.8 Å². The molecule has 0 saturated heterocycles. The molecule has 0 amide bonds. The molecule has 32 heavy (non-hydrogen) atoms. The lowest BCUT2D eigenvalue weighted by atomic mass is 9.92. The largest absolute Gasteiger partial charge is 0.457 e. The van der Waals surface area contributed by atoms with Crippen molar-refractivity contribution in [1.82, 2.24) is 0 Å². The Morgan fingerprint density at radius 1 is 1.00 bits per heavy atom. The monoisotopic (exact) mass is 466 g/mol. The number of ether oxygens (including phenoxy) is 2. The Labute approximate surface area is 198 Å². The summed E-state index contributed by atoms with van der Waals surface area (Å²) in [5, 5.41) is 2.22. The van der Waals surface area contributed by atoms with E-state index >= 15 is 0 Å². The third-order valence-corrected chi connectivity index (χ3v) is 5.45. The molecule has 0 fully saturated rings. The van der Waals surface area contributed by atoms with E-state index in [0.717, 1.165) is 10.8 Å². The number of esters is 1. The molecule has 0 heterocycles. The molecule has 0 aliphatic carbocycles. The first kappa shape index (κ1) is 23.7. The highest BCUT2D eigenvalue weighted by atomic mass is 35.5. The van der Waals surface area contributed by atoms with Crippen LogP contribution in [0.5, 0.6) is 11.5 Å². The van der Waals surface area contributed by atoms with Gasteiger partial charge in [-0.05, 0) is 47.4 Å². The van der Waals surface area contributed by atoms with Gasteiger partial charge in [-0.15, -0.1) is 6.42 Å². The van der Waals surface area contributed by atoms with Crippen LogP contribution in [0.3, 0.4) is 0 Å². The molecule has 3 aromatic carbocycles. The minimum Gasteiger partial charge on any atom is -0.457 e. The summed E-state index contributed by atoms with van der Waals surface area (Å²) in [6.45, 7) is 3.87. The molecule has 3 aromatic rings. The van der Waals surface area contributed by atoms with E-state index < -0.39 is 18.0 Å². The van der Waals surface area contributed by atoms with Crippen molar-refractivity contribution in [2.45, 2.75) is 26.4 Å². The van der Waals surface area contributed by atoms with Gasteiger partial charge in [0.15, 0.2) is 6.10 Å². The zero-order valence-electron chi connectivity index (χ0n) is 17.9. The zero-order valence-corrected chi connectivity index (χ0v) is 19.4. The predicted octanol–water partition coefficient (Wildman–Crippen LogP) is 7.83. The number of rotatable bonds is 8. The Morgan fingerprint density at radius 3 is 2.41 bits per heavy atom. The molecule has 0 aliphatic heterocycles. The lowest BCUT2D eigenvalue weighted by Crippen LogP contribution is -2.24. The van der Waals surface area contributed by atoms with E-state index in [-0.39, 0.29) is 10.4 Å². The molecule has 2 atom stereocenters. The third kappa shape index (κ3) is 6.29. The van der Waals surface area contributed by atoms with E-state index in [1.807, 2.05) is 74.5 Å². The van der Waals surface area contributed by atoms with Crippen molar-refractivity contribution in [2.24, 2.45) is 11.8 Å². The molecule has 3 nitrogen and oxygen atoms in total. The highest BCUT2D eigenvalue weighted by molar-refractivity contribution is 6.55. The van der Waals surface area contributed by atoms with Gasteiger partial charge in [-0.3, -0.25) is 4.79 Å². The predicted molar refractivity (Wildman–Crippen MR) is 131 cm³/mol. The summed E-state index contributed by atoms with van der Waals surface area (Å²) >= 11 is 11.4. The highest BCUT2D eigenvalue weighted by Gasteiger charge is 2.26. The number of benzene rings is 3. The van der Waals surface area contributed by atoms with Crippen LogP contribution in [0.15, 0.2) is 77.3 Å². The smallest absolute Gasteiger partial charge is 0.311 e. The number of hydrogen-bond donors (Lipinski definition) is 0. The number of terminal acetylenes is 1. The Kier molecular flexibility index (Phi) is 8.22. The van der Waals surface area contributed by atoms with Crippen molar-refractivity contribution >= 4 is 39.9 Å². The van der Waals surface area contributed by atoms with Crippen molar-refractivity contribution in [2.75, 3.05) is 0 Å². The Bertz CT molecular complexity index is 1160. The summed E-state index contributed by atoms with van der Waals surface area (Å²) in [4.78, 5) is 12.8. The average Bonchev–Trinajstić information content (AvgIpc) is 2.77. The van der Waals surface area contributed by atoms with Gasteiger partial charge >= 0.3 is 5.97 Å². The fourth-order valence-corrected chi connectivity index (χ4v) is 3.54. The van der Waals surface area contributed by atoms with Crippen LogP contribution in [-0.4, -0.2) is 5.97 Å². The Balaban J connectivity index is 1.76. The number of halogens is 2. The van der Waals surface area contributed by atoms with Crippen LogP contribution < -0.4 is 4.74 Å². The summed E-state index contributed by atoms with van der Waals surface area (Å²) in [5.74, 6) is 3.10. The molecule has 0 radical (unpaired) electrons. The summed E-state index contributed by atoms with van der Waals surface area (Å²) in [6.07, 6.45) is 6.83. The number of hydrogen-bond acceptors (Lipinski definition) is 3.